The van der Waals surface area contributed by atoms with Gasteiger partial charge in [0.2, 0.25) is 5.91 Å². The summed E-state index contributed by atoms with van der Waals surface area (Å²) in [6, 6.07) is -3.78. The minimum atomic E-state index is -1.47. The fraction of sp³-hybridized carbons (Fsp3) is 0.667. The zero-order valence-electron chi connectivity index (χ0n) is 22.5. The zero-order chi connectivity index (χ0) is 30.8. The van der Waals surface area contributed by atoms with Crippen molar-refractivity contribution in [3.63, 3.8) is 0 Å². The lowest BCUT2D eigenvalue weighted by Gasteiger charge is -2.18. The van der Waals surface area contributed by atoms with E-state index < -0.39 is 52.3 Å². The van der Waals surface area contributed by atoms with Gasteiger partial charge in [0.15, 0.2) is 0 Å². The first-order valence-corrected chi connectivity index (χ1v) is 14.4. The number of alkyl halides is 1. The van der Waals surface area contributed by atoms with Crippen molar-refractivity contribution < 1.29 is 49.2 Å². The first-order valence-electron chi connectivity index (χ1n) is 13.2. The molecule has 0 aliphatic rings. The quantitative estimate of drug-likeness (QED) is 0.0510. The lowest BCUT2D eigenvalue weighted by molar-refractivity contribution is -0.141. The molecule has 0 saturated heterocycles. The molecule has 0 spiro atoms. The molecule has 3 amide bonds. The SMILES string of the molecule is O=C(O)CC[C@H](NC(=O)N[C@@H](CCCCNC(=O)CCCCCCn1cc(CC(I)C(=O)O)nn1)C(=O)O)C(=O)O. The normalized spacial score (nSPS) is 13.0. The number of carbonyl (C=O) groups excluding carboxylic acids is 2. The van der Waals surface area contributed by atoms with Crippen LogP contribution in [0.2, 0.25) is 0 Å². The molecule has 1 unspecified atom stereocenters. The highest BCUT2D eigenvalue weighted by atomic mass is 127. The molecule has 0 bridgehead atoms. The second-order valence-corrected chi connectivity index (χ2v) is 10.8. The molecular formula is C24H37IN6O10. The van der Waals surface area contributed by atoms with Gasteiger partial charge in [-0.25, -0.2) is 14.4 Å². The van der Waals surface area contributed by atoms with Crippen molar-refractivity contribution in [2.75, 3.05) is 6.54 Å². The summed E-state index contributed by atoms with van der Waals surface area (Å²) in [7, 11) is 0. The summed E-state index contributed by atoms with van der Waals surface area (Å²) in [6.07, 6.45) is 5.75. The molecule has 17 heteroatoms. The van der Waals surface area contributed by atoms with E-state index in [4.69, 9.17) is 15.3 Å². The zero-order valence-corrected chi connectivity index (χ0v) is 24.6. The van der Waals surface area contributed by atoms with Gasteiger partial charge in [-0.05, 0) is 38.5 Å². The van der Waals surface area contributed by atoms with Crippen LogP contribution in [0, 0.1) is 0 Å². The maximum atomic E-state index is 12.0. The molecule has 41 heavy (non-hydrogen) atoms. The number of unbranched alkanes of at least 4 members (excludes halogenated alkanes) is 4. The first kappa shape index (κ1) is 35.5. The maximum absolute atomic E-state index is 12.0. The third-order valence-corrected chi connectivity index (χ3v) is 6.85. The van der Waals surface area contributed by atoms with Crippen molar-refractivity contribution in [3.05, 3.63) is 11.9 Å². The molecule has 230 valence electrons. The highest BCUT2D eigenvalue weighted by molar-refractivity contribution is 14.1. The molecule has 7 N–H and O–H groups in total. The van der Waals surface area contributed by atoms with Gasteiger partial charge in [0.25, 0.3) is 0 Å². The third kappa shape index (κ3) is 16.4. The van der Waals surface area contributed by atoms with Gasteiger partial charge >= 0.3 is 29.9 Å². The Balaban J connectivity index is 2.18. The van der Waals surface area contributed by atoms with Crippen LogP contribution in [0.1, 0.15) is 69.9 Å². The van der Waals surface area contributed by atoms with E-state index in [1.54, 1.807) is 10.9 Å². The highest BCUT2D eigenvalue weighted by Gasteiger charge is 2.24. The van der Waals surface area contributed by atoms with E-state index in [0.29, 0.717) is 50.9 Å². The molecule has 0 saturated carbocycles. The standard InChI is InChI=1S/C24H37IN6O10/c25-16(21(35)36)13-15-14-31(30-29-15)12-6-2-1-3-8-19(32)26-11-5-4-7-17(22(37)38)27-24(41)28-18(23(39)40)9-10-20(33)34/h14,16-18H,1-13H2,(H,26,32)(H,33,34)(H,35,36)(H,37,38)(H,39,40)(H2,27,28,41)/t16?,17-,18-/m0/s1. The number of halogens is 1. The van der Waals surface area contributed by atoms with E-state index in [-0.39, 0.29) is 18.7 Å². The summed E-state index contributed by atoms with van der Waals surface area (Å²) in [5.74, 6) is -4.98. The molecule has 1 aromatic heterocycles. The summed E-state index contributed by atoms with van der Waals surface area (Å²) in [4.78, 5) is 68.2. The number of hydrogen-bond donors (Lipinski definition) is 7. The predicted molar refractivity (Wildman–Crippen MR) is 151 cm³/mol. The van der Waals surface area contributed by atoms with Gasteiger partial charge in [-0.2, -0.15) is 0 Å². The number of carbonyl (C=O) groups is 6. The lowest BCUT2D eigenvalue weighted by atomic mass is 10.1. The molecule has 0 aromatic carbocycles. The fourth-order valence-corrected chi connectivity index (χ4v) is 4.11. The second-order valence-electron chi connectivity index (χ2n) is 9.32. The molecule has 1 heterocycles. The number of aryl methyl sites for hydroxylation is 1. The minimum absolute atomic E-state index is 0.0525. The number of carboxylic acids is 4. The van der Waals surface area contributed by atoms with Gasteiger partial charge in [-0.1, -0.05) is 40.6 Å². The Kier molecular flexibility index (Phi) is 16.9. The minimum Gasteiger partial charge on any atom is -0.481 e. The van der Waals surface area contributed by atoms with Crippen LogP contribution >= 0.6 is 22.6 Å². The average molecular weight is 696 g/mol. The fourth-order valence-electron chi connectivity index (χ4n) is 3.66. The van der Waals surface area contributed by atoms with Gasteiger partial charge < -0.3 is 36.4 Å². The first-order chi connectivity index (χ1) is 19.4. The molecule has 16 nitrogen and oxygen atoms in total. The van der Waals surface area contributed by atoms with E-state index in [2.05, 4.69) is 26.3 Å². The molecular weight excluding hydrogens is 659 g/mol. The van der Waals surface area contributed by atoms with Gasteiger partial charge in [-0.15, -0.1) is 5.10 Å². The van der Waals surface area contributed by atoms with Crippen LogP contribution in [0.15, 0.2) is 6.20 Å². The number of nitrogens with one attached hydrogen (secondary N) is 3. The number of amides is 3. The van der Waals surface area contributed by atoms with E-state index >= 15 is 0 Å². The van der Waals surface area contributed by atoms with Crippen LogP contribution in [0.3, 0.4) is 0 Å². The van der Waals surface area contributed by atoms with Crippen molar-refractivity contribution in [2.45, 2.75) is 93.2 Å². The number of rotatable bonds is 22. The summed E-state index contributed by atoms with van der Waals surface area (Å²) in [6.45, 7) is 0.985. The number of urea groups is 1. The van der Waals surface area contributed by atoms with E-state index in [1.807, 2.05) is 22.6 Å². The topological polar surface area (TPSA) is 250 Å². The molecule has 0 radical (unpaired) electrons. The van der Waals surface area contributed by atoms with Crippen molar-refractivity contribution in [1.29, 1.82) is 0 Å². The van der Waals surface area contributed by atoms with Crippen LogP contribution in [0.25, 0.3) is 0 Å². The Bertz CT molecular complexity index is 1040. The van der Waals surface area contributed by atoms with Gasteiger partial charge in [0.05, 0.1) is 5.69 Å². The Labute approximate surface area is 249 Å². The summed E-state index contributed by atoms with van der Waals surface area (Å²) >= 11 is 1.85. The van der Waals surface area contributed by atoms with Crippen LogP contribution in [0.5, 0.6) is 0 Å². The van der Waals surface area contributed by atoms with Crippen molar-refractivity contribution in [2.24, 2.45) is 0 Å². The monoisotopic (exact) mass is 696 g/mol. The highest BCUT2D eigenvalue weighted by Crippen LogP contribution is 2.10. The summed E-state index contributed by atoms with van der Waals surface area (Å²) in [5.41, 5.74) is 0.627. The molecule has 1 aromatic rings. The van der Waals surface area contributed by atoms with Gasteiger partial charge in [0, 0.05) is 38.5 Å². The van der Waals surface area contributed by atoms with E-state index in [9.17, 15) is 33.9 Å². The molecule has 0 aliphatic carbocycles. The smallest absolute Gasteiger partial charge is 0.326 e. The number of nitrogens with zero attached hydrogens (tertiary/aromatic N) is 3. The molecule has 3 atom stereocenters. The Hall–Kier alpha value is -3.51. The number of aromatic nitrogens is 3. The Morgan fingerprint density at radius 1 is 0.805 bits per heavy atom. The maximum Gasteiger partial charge on any atom is 0.326 e. The van der Waals surface area contributed by atoms with Crippen LogP contribution in [-0.2, 0) is 36.9 Å². The largest absolute Gasteiger partial charge is 0.481 e. The Morgan fingerprint density at radius 3 is 2.05 bits per heavy atom. The predicted octanol–water partition coefficient (Wildman–Crippen LogP) is 1.02. The molecule has 1 rings (SSSR count). The van der Waals surface area contributed by atoms with Crippen molar-refractivity contribution >= 4 is 58.4 Å². The average Bonchev–Trinajstić information content (AvgIpc) is 3.34. The molecule has 0 aliphatic heterocycles. The number of aliphatic carboxylic acids is 4. The van der Waals surface area contributed by atoms with Crippen LogP contribution < -0.4 is 16.0 Å². The van der Waals surface area contributed by atoms with Gasteiger partial charge in [0.1, 0.15) is 16.0 Å². The lowest BCUT2D eigenvalue weighted by Crippen LogP contribution is -2.51. The van der Waals surface area contributed by atoms with Gasteiger partial charge in [-0.3, -0.25) is 19.1 Å². The molecule has 0 fully saturated rings. The summed E-state index contributed by atoms with van der Waals surface area (Å²) in [5, 5.41) is 51.0. The number of hydrogen-bond acceptors (Lipinski definition) is 8. The van der Waals surface area contributed by atoms with Crippen LogP contribution in [0.4, 0.5) is 4.79 Å². The van der Waals surface area contributed by atoms with E-state index in [1.165, 1.54) is 0 Å². The number of carboxylic acid groups (broad SMARTS) is 4. The van der Waals surface area contributed by atoms with Crippen molar-refractivity contribution in [1.82, 2.24) is 30.9 Å². The summed E-state index contributed by atoms with van der Waals surface area (Å²) < 4.78 is 1.12. The Morgan fingerprint density at radius 2 is 1.44 bits per heavy atom. The van der Waals surface area contributed by atoms with E-state index in [0.717, 1.165) is 19.3 Å². The van der Waals surface area contributed by atoms with Crippen molar-refractivity contribution in [3.8, 4) is 0 Å². The second kappa shape index (κ2) is 19.5. The third-order valence-electron chi connectivity index (χ3n) is 5.88. The van der Waals surface area contributed by atoms with Crippen LogP contribution in [-0.4, -0.2) is 93.8 Å².